The van der Waals surface area contributed by atoms with Crippen LogP contribution < -0.4 is 10.1 Å². The van der Waals surface area contributed by atoms with Crippen LogP contribution in [0.2, 0.25) is 5.02 Å². The van der Waals surface area contributed by atoms with Crippen molar-refractivity contribution in [1.29, 1.82) is 0 Å². The first kappa shape index (κ1) is 21.0. The third kappa shape index (κ3) is 5.59. The molecule has 146 valence electrons. The maximum Gasteiger partial charge on any atom is 0.258 e. The predicted octanol–water partition coefficient (Wildman–Crippen LogP) is 3.20. The highest BCUT2D eigenvalue weighted by Crippen LogP contribution is 2.29. The van der Waals surface area contributed by atoms with Crippen molar-refractivity contribution in [3.8, 4) is 5.75 Å². The van der Waals surface area contributed by atoms with Crippen LogP contribution in [0.4, 0.5) is 0 Å². The molecule has 26 heavy (non-hydrogen) atoms. The van der Waals surface area contributed by atoms with E-state index in [0.717, 1.165) is 32.1 Å². The smallest absolute Gasteiger partial charge is 0.258 e. The van der Waals surface area contributed by atoms with Gasteiger partial charge in [-0.2, -0.15) is 4.31 Å². The fraction of sp³-hybridized carbons (Fsp3) is 0.611. The lowest BCUT2D eigenvalue weighted by Gasteiger charge is -2.26. The number of rotatable bonds is 8. The summed E-state index contributed by atoms with van der Waals surface area (Å²) in [6.45, 7) is 4.90. The molecule has 1 aromatic rings. The first-order valence-corrected chi connectivity index (χ1v) is 10.9. The van der Waals surface area contributed by atoms with E-state index in [2.05, 4.69) is 12.2 Å². The number of ether oxygens (including phenoxy) is 1. The van der Waals surface area contributed by atoms with E-state index < -0.39 is 10.0 Å². The molecule has 1 aliphatic heterocycles. The number of carbonyl (C=O) groups is 1. The molecule has 1 aliphatic rings. The van der Waals surface area contributed by atoms with Gasteiger partial charge in [0.1, 0.15) is 5.75 Å². The van der Waals surface area contributed by atoms with E-state index >= 15 is 0 Å². The molecular weight excluding hydrogens is 376 g/mol. The van der Waals surface area contributed by atoms with Crippen LogP contribution in [0.15, 0.2) is 23.1 Å². The summed E-state index contributed by atoms with van der Waals surface area (Å²) in [6, 6.07) is 4.45. The van der Waals surface area contributed by atoms with Gasteiger partial charge in [0.05, 0.1) is 9.92 Å². The monoisotopic (exact) mass is 402 g/mol. The van der Waals surface area contributed by atoms with Crippen molar-refractivity contribution in [2.75, 3.05) is 19.7 Å². The van der Waals surface area contributed by atoms with Crippen LogP contribution >= 0.6 is 11.6 Å². The molecule has 0 spiro atoms. The summed E-state index contributed by atoms with van der Waals surface area (Å²) in [5.74, 6) is 0.0644. The standard InChI is InChI=1S/C18H27ClN2O4S/c1-3-7-14(2)20-18(22)13-25-17-9-8-15(12-16(17)19)26(23,24)21-10-5-4-6-11-21/h8-9,12,14H,3-7,10-11,13H2,1-2H3,(H,20,22)/t14-/m0/s1. The summed E-state index contributed by atoms with van der Waals surface area (Å²) in [4.78, 5) is 12.0. The van der Waals surface area contributed by atoms with E-state index in [0.29, 0.717) is 18.8 Å². The number of amides is 1. The highest BCUT2D eigenvalue weighted by atomic mass is 35.5. The van der Waals surface area contributed by atoms with Crippen LogP contribution in [0.1, 0.15) is 46.0 Å². The molecule has 0 saturated carbocycles. The first-order valence-electron chi connectivity index (χ1n) is 9.06. The maximum atomic E-state index is 12.7. The highest BCUT2D eigenvalue weighted by Gasteiger charge is 2.26. The van der Waals surface area contributed by atoms with Gasteiger partial charge in [-0.3, -0.25) is 4.79 Å². The topological polar surface area (TPSA) is 75.7 Å². The Morgan fingerprint density at radius 3 is 2.62 bits per heavy atom. The lowest BCUT2D eigenvalue weighted by molar-refractivity contribution is -0.123. The molecule has 1 aromatic carbocycles. The van der Waals surface area contributed by atoms with Crippen molar-refractivity contribution in [3.05, 3.63) is 23.2 Å². The zero-order chi connectivity index (χ0) is 19.2. The Balaban J connectivity index is 1.99. The summed E-state index contributed by atoms with van der Waals surface area (Å²) in [5, 5.41) is 3.02. The van der Waals surface area contributed by atoms with E-state index in [1.54, 1.807) is 0 Å². The van der Waals surface area contributed by atoms with Gasteiger partial charge in [0, 0.05) is 19.1 Å². The molecule has 6 nitrogen and oxygen atoms in total. The molecule has 0 aromatic heterocycles. The average molecular weight is 403 g/mol. The molecule has 0 bridgehead atoms. The third-order valence-electron chi connectivity index (χ3n) is 4.34. The number of nitrogens with one attached hydrogen (secondary N) is 1. The van der Waals surface area contributed by atoms with Crippen molar-refractivity contribution >= 4 is 27.5 Å². The third-order valence-corrected chi connectivity index (χ3v) is 6.53. The van der Waals surface area contributed by atoms with Crippen LogP contribution in [-0.2, 0) is 14.8 Å². The lowest BCUT2D eigenvalue weighted by Crippen LogP contribution is -2.36. The molecule has 0 aliphatic carbocycles. The van der Waals surface area contributed by atoms with E-state index in [1.807, 2.05) is 6.92 Å². The van der Waals surface area contributed by atoms with Crippen LogP contribution in [-0.4, -0.2) is 44.4 Å². The number of nitrogens with zero attached hydrogens (tertiary/aromatic N) is 1. The van der Waals surface area contributed by atoms with Gasteiger partial charge in [-0.05, 0) is 44.4 Å². The Morgan fingerprint density at radius 1 is 1.31 bits per heavy atom. The normalized spacial score (nSPS) is 16.9. The number of carbonyl (C=O) groups excluding carboxylic acids is 1. The Hall–Kier alpha value is -1.31. The Kier molecular flexibility index (Phi) is 7.73. The minimum Gasteiger partial charge on any atom is -0.482 e. The second-order valence-electron chi connectivity index (χ2n) is 6.60. The molecule has 1 heterocycles. The van der Waals surface area contributed by atoms with Gasteiger partial charge in [-0.25, -0.2) is 8.42 Å². The van der Waals surface area contributed by atoms with Crippen LogP contribution in [0.3, 0.4) is 0 Å². The van der Waals surface area contributed by atoms with Gasteiger partial charge in [0.2, 0.25) is 10.0 Å². The van der Waals surface area contributed by atoms with E-state index in [-0.39, 0.29) is 28.5 Å². The fourth-order valence-electron chi connectivity index (χ4n) is 2.98. The zero-order valence-electron chi connectivity index (χ0n) is 15.3. The van der Waals surface area contributed by atoms with Crippen molar-refractivity contribution < 1.29 is 17.9 Å². The molecule has 1 N–H and O–H groups in total. The van der Waals surface area contributed by atoms with Crippen molar-refractivity contribution in [2.24, 2.45) is 0 Å². The predicted molar refractivity (Wildman–Crippen MR) is 102 cm³/mol. The second kappa shape index (κ2) is 9.58. The largest absolute Gasteiger partial charge is 0.482 e. The summed E-state index contributed by atoms with van der Waals surface area (Å²) in [5.41, 5.74) is 0. The van der Waals surface area contributed by atoms with Gasteiger partial charge < -0.3 is 10.1 Å². The fourth-order valence-corrected chi connectivity index (χ4v) is 4.82. The van der Waals surface area contributed by atoms with Crippen LogP contribution in [0.5, 0.6) is 5.75 Å². The molecule has 1 atom stereocenters. The SMILES string of the molecule is CCC[C@H](C)NC(=O)COc1ccc(S(=O)(=O)N2CCCCC2)cc1Cl. The second-order valence-corrected chi connectivity index (χ2v) is 8.95. The maximum absolute atomic E-state index is 12.7. The van der Waals surface area contributed by atoms with Crippen molar-refractivity contribution in [3.63, 3.8) is 0 Å². The molecule has 0 unspecified atom stereocenters. The van der Waals surface area contributed by atoms with Gasteiger partial charge in [0.15, 0.2) is 6.61 Å². The molecule has 8 heteroatoms. The molecule has 1 saturated heterocycles. The zero-order valence-corrected chi connectivity index (χ0v) is 16.9. The number of hydrogen-bond donors (Lipinski definition) is 1. The summed E-state index contributed by atoms with van der Waals surface area (Å²) >= 11 is 6.17. The lowest BCUT2D eigenvalue weighted by atomic mass is 10.2. The number of benzene rings is 1. The van der Waals surface area contributed by atoms with E-state index in [4.69, 9.17) is 16.3 Å². The summed E-state index contributed by atoms with van der Waals surface area (Å²) in [6.07, 6.45) is 4.69. The Bertz CT molecular complexity index is 718. The van der Waals surface area contributed by atoms with Crippen LogP contribution in [0, 0.1) is 0 Å². The summed E-state index contributed by atoms with van der Waals surface area (Å²) in [7, 11) is -3.54. The number of sulfonamides is 1. The van der Waals surface area contributed by atoms with Gasteiger partial charge in [0.25, 0.3) is 5.91 Å². The van der Waals surface area contributed by atoms with Gasteiger partial charge >= 0.3 is 0 Å². The molecule has 1 fully saturated rings. The van der Waals surface area contributed by atoms with Crippen molar-refractivity contribution in [2.45, 2.75) is 56.9 Å². The van der Waals surface area contributed by atoms with E-state index in [9.17, 15) is 13.2 Å². The van der Waals surface area contributed by atoms with Gasteiger partial charge in [-0.1, -0.05) is 31.4 Å². The van der Waals surface area contributed by atoms with Gasteiger partial charge in [-0.15, -0.1) is 0 Å². The number of piperidine rings is 1. The quantitative estimate of drug-likeness (QED) is 0.724. The molecule has 2 rings (SSSR count). The van der Waals surface area contributed by atoms with E-state index in [1.165, 1.54) is 22.5 Å². The average Bonchev–Trinajstić information content (AvgIpc) is 2.61. The molecular formula is C18H27ClN2O4S. The number of halogens is 1. The summed E-state index contributed by atoms with van der Waals surface area (Å²) < 4.78 is 32.3. The Labute approximate surface area is 160 Å². The van der Waals surface area contributed by atoms with Crippen molar-refractivity contribution in [1.82, 2.24) is 9.62 Å². The highest BCUT2D eigenvalue weighted by molar-refractivity contribution is 7.89. The molecule has 1 amide bonds. The minimum absolute atomic E-state index is 0.0867. The molecule has 0 radical (unpaired) electrons. The first-order chi connectivity index (χ1) is 12.3. The van der Waals surface area contributed by atoms with Crippen LogP contribution in [0.25, 0.3) is 0 Å². The Morgan fingerprint density at radius 2 is 2.00 bits per heavy atom. The minimum atomic E-state index is -3.54. The number of hydrogen-bond acceptors (Lipinski definition) is 4.